The molecule has 1 aromatic heterocycles. The maximum Gasteiger partial charge on any atom is 0.263 e. The highest BCUT2D eigenvalue weighted by Crippen LogP contribution is 2.27. The highest BCUT2D eigenvalue weighted by molar-refractivity contribution is 7.92. The molecule has 1 heterocycles. The third kappa shape index (κ3) is 4.38. The zero-order chi connectivity index (χ0) is 20.3. The van der Waals surface area contributed by atoms with Crippen molar-refractivity contribution in [1.82, 2.24) is 4.98 Å². The SMILES string of the molecule is Cc1ccc(S(=O)(=O)Nc2cc(C(=O)Nc3ccc(O)c(O)c3)ccn2)cc1. The van der Waals surface area contributed by atoms with Crippen molar-refractivity contribution in [1.29, 1.82) is 0 Å². The lowest BCUT2D eigenvalue weighted by Crippen LogP contribution is -2.16. The Kier molecular flexibility index (Phi) is 5.18. The van der Waals surface area contributed by atoms with Crippen LogP contribution in [0.5, 0.6) is 11.5 Å². The minimum Gasteiger partial charge on any atom is -0.504 e. The number of amides is 1. The van der Waals surface area contributed by atoms with E-state index in [0.29, 0.717) is 0 Å². The third-order valence-corrected chi connectivity index (χ3v) is 5.20. The predicted octanol–water partition coefficient (Wildman–Crippen LogP) is 2.85. The molecule has 144 valence electrons. The van der Waals surface area contributed by atoms with Crippen molar-refractivity contribution < 1.29 is 23.4 Å². The van der Waals surface area contributed by atoms with E-state index < -0.39 is 15.9 Å². The summed E-state index contributed by atoms with van der Waals surface area (Å²) in [7, 11) is -3.85. The first-order valence-electron chi connectivity index (χ1n) is 8.13. The summed E-state index contributed by atoms with van der Waals surface area (Å²) in [6, 6.07) is 12.9. The summed E-state index contributed by atoms with van der Waals surface area (Å²) in [5.74, 6) is -1.24. The number of nitrogens with one attached hydrogen (secondary N) is 2. The summed E-state index contributed by atoms with van der Waals surface area (Å²) in [5, 5.41) is 21.3. The number of sulfonamides is 1. The summed E-state index contributed by atoms with van der Waals surface area (Å²) in [6.07, 6.45) is 1.30. The van der Waals surface area contributed by atoms with Gasteiger partial charge in [-0.25, -0.2) is 13.4 Å². The van der Waals surface area contributed by atoms with E-state index in [-0.39, 0.29) is 33.5 Å². The van der Waals surface area contributed by atoms with Gasteiger partial charge in [-0.05, 0) is 43.3 Å². The Bertz CT molecular complexity index is 1130. The standard InChI is InChI=1S/C19H17N3O5S/c1-12-2-5-15(6-3-12)28(26,27)22-18-10-13(8-9-20-18)19(25)21-14-4-7-16(23)17(24)11-14/h2-11,23-24H,1H3,(H,20,22)(H,21,25). The Balaban J connectivity index is 1.78. The molecule has 28 heavy (non-hydrogen) atoms. The number of carbonyl (C=O) groups excluding carboxylic acids is 1. The number of hydrogen-bond acceptors (Lipinski definition) is 6. The van der Waals surface area contributed by atoms with Crippen LogP contribution in [0.2, 0.25) is 0 Å². The van der Waals surface area contributed by atoms with E-state index >= 15 is 0 Å². The summed E-state index contributed by atoms with van der Waals surface area (Å²) in [4.78, 5) is 16.4. The van der Waals surface area contributed by atoms with Crippen LogP contribution >= 0.6 is 0 Å². The number of benzene rings is 2. The molecule has 0 aliphatic carbocycles. The molecular formula is C19H17N3O5S. The number of aryl methyl sites for hydroxylation is 1. The second kappa shape index (κ2) is 7.57. The second-order valence-corrected chi connectivity index (χ2v) is 7.69. The second-order valence-electron chi connectivity index (χ2n) is 6.01. The zero-order valence-corrected chi connectivity index (χ0v) is 15.6. The number of aromatic hydroxyl groups is 2. The molecule has 1 amide bonds. The zero-order valence-electron chi connectivity index (χ0n) is 14.7. The largest absolute Gasteiger partial charge is 0.504 e. The van der Waals surface area contributed by atoms with Crippen molar-refractivity contribution in [2.75, 3.05) is 10.0 Å². The third-order valence-electron chi connectivity index (χ3n) is 3.83. The van der Waals surface area contributed by atoms with Gasteiger partial charge >= 0.3 is 0 Å². The van der Waals surface area contributed by atoms with Crippen LogP contribution in [0, 0.1) is 6.92 Å². The molecule has 0 aliphatic rings. The van der Waals surface area contributed by atoms with Crippen molar-refractivity contribution in [3.63, 3.8) is 0 Å². The molecule has 0 unspecified atom stereocenters. The monoisotopic (exact) mass is 399 g/mol. The van der Waals surface area contributed by atoms with Gasteiger partial charge in [0.05, 0.1) is 4.90 Å². The molecule has 0 spiro atoms. The molecule has 4 N–H and O–H groups in total. The average molecular weight is 399 g/mol. The Hall–Kier alpha value is -3.59. The smallest absolute Gasteiger partial charge is 0.263 e. The van der Waals surface area contributed by atoms with Gasteiger partial charge in [-0.15, -0.1) is 0 Å². The van der Waals surface area contributed by atoms with Gasteiger partial charge in [0, 0.05) is 23.5 Å². The van der Waals surface area contributed by atoms with Gasteiger partial charge in [0.1, 0.15) is 5.82 Å². The number of phenolic OH excluding ortho intramolecular Hbond substituents is 2. The van der Waals surface area contributed by atoms with Gasteiger partial charge in [0.2, 0.25) is 0 Å². The topological polar surface area (TPSA) is 129 Å². The van der Waals surface area contributed by atoms with Gasteiger partial charge in [0.25, 0.3) is 15.9 Å². The molecule has 0 fully saturated rings. The summed E-state index contributed by atoms with van der Waals surface area (Å²) in [5.41, 5.74) is 1.35. The molecule has 0 radical (unpaired) electrons. The van der Waals surface area contributed by atoms with Crippen LogP contribution in [0.4, 0.5) is 11.5 Å². The number of pyridine rings is 1. The van der Waals surface area contributed by atoms with Gasteiger partial charge in [-0.3, -0.25) is 9.52 Å². The molecular weight excluding hydrogens is 382 g/mol. The van der Waals surface area contributed by atoms with Crippen molar-refractivity contribution in [3.8, 4) is 11.5 Å². The van der Waals surface area contributed by atoms with Gasteiger partial charge in [-0.1, -0.05) is 17.7 Å². The summed E-state index contributed by atoms with van der Waals surface area (Å²) in [6.45, 7) is 1.85. The number of aromatic nitrogens is 1. The van der Waals surface area contributed by atoms with Crippen molar-refractivity contribution >= 4 is 27.4 Å². The van der Waals surface area contributed by atoms with Crippen molar-refractivity contribution in [2.24, 2.45) is 0 Å². The number of hydrogen-bond donors (Lipinski definition) is 4. The lowest BCUT2D eigenvalue weighted by atomic mass is 10.2. The Morgan fingerprint density at radius 2 is 1.68 bits per heavy atom. The molecule has 0 saturated heterocycles. The van der Waals surface area contributed by atoms with Crippen LogP contribution in [-0.4, -0.2) is 29.5 Å². The number of nitrogens with zero attached hydrogens (tertiary/aromatic N) is 1. The number of rotatable bonds is 5. The quantitative estimate of drug-likeness (QED) is 0.386. The van der Waals surface area contributed by atoms with Crippen LogP contribution in [0.3, 0.4) is 0 Å². The fourth-order valence-electron chi connectivity index (χ4n) is 2.35. The predicted molar refractivity (Wildman–Crippen MR) is 104 cm³/mol. The van der Waals surface area contributed by atoms with E-state index in [1.54, 1.807) is 12.1 Å². The van der Waals surface area contributed by atoms with Gasteiger partial charge in [-0.2, -0.15) is 0 Å². The van der Waals surface area contributed by atoms with E-state index in [2.05, 4.69) is 15.0 Å². The number of carbonyl (C=O) groups is 1. The van der Waals surface area contributed by atoms with Gasteiger partial charge < -0.3 is 15.5 Å². The highest BCUT2D eigenvalue weighted by Gasteiger charge is 2.16. The molecule has 0 atom stereocenters. The first-order chi connectivity index (χ1) is 13.2. The van der Waals surface area contributed by atoms with E-state index in [9.17, 15) is 23.4 Å². The maximum absolute atomic E-state index is 12.5. The molecule has 0 saturated carbocycles. The van der Waals surface area contributed by atoms with Crippen LogP contribution in [-0.2, 0) is 10.0 Å². The van der Waals surface area contributed by atoms with Crippen LogP contribution in [0.25, 0.3) is 0 Å². The van der Waals surface area contributed by atoms with Crippen LogP contribution < -0.4 is 10.0 Å². The molecule has 0 aliphatic heterocycles. The lowest BCUT2D eigenvalue weighted by molar-refractivity contribution is 0.102. The first-order valence-corrected chi connectivity index (χ1v) is 9.62. The van der Waals surface area contributed by atoms with Crippen molar-refractivity contribution in [2.45, 2.75) is 11.8 Å². The maximum atomic E-state index is 12.5. The van der Waals surface area contributed by atoms with E-state index in [1.165, 1.54) is 48.7 Å². The fraction of sp³-hybridized carbons (Fsp3) is 0.0526. The van der Waals surface area contributed by atoms with E-state index in [0.717, 1.165) is 5.56 Å². The Morgan fingerprint density at radius 3 is 2.36 bits per heavy atom. The molecule has 2 aromatic carbocycles. The average Bonchev–Trinajstić information content (AvgIpc) is 2.65. The fourth-order valence-corrected chi connectivity index (χ4v) is 3.35. The number of anilines is 2. The van der Waals surface area contributed by atoms with E-state index in [4.69, 9.17) is 0 Å². The molecule has 0 bridgehead atoms. The van der Waals surface area contributed by atoms with Crippen LogP contribution in [0.15, 0.2) is 65.7 Å². The minimum atomic E-state index is -3.85. The molecule has 8 nitrogen and oxygen atoms in total. The molecule has 3 rings (SSSR count). The minimum absolute atomic E-state index is 0.0122. The molecule has 3 aromatic rings. The van der Waals surface area contributed by atoms with Crippen molar-refractivity contribution in [3.05, 3.63) is 71.9 Å². The first kappa shape index (κ1) is 19.2. The molecule has 9 heteroatoms. The van der Waals surface area contributed by atoms with Crippen LogP contribution in [0.1, 0.15) is 15.9 Å². The Morgan fingerprint density at radius 1 is 0.964 bits per heavy atom. The summed E-state index contributed by atoms with van der Waals surface area (Å²) >= 11 is 0. The highest BCUT2D eigenvalue weighted by atomic mass is 32.2. The van der Waals surface area contributed by atoms with Gasteiger partial charge in [0.15, 0.2) is 11.5 Å². The Labute approximate surface area is 161 Å². The number of phenols is 2. The summed E-state index contributed by atoms with van der Waals surface area (Å²) < 4.78 is 27.2. The normalized spacial score (nSPS) is 11.0. The lowest BCUT2D eigenvalue weighted by Gasteiger charge is -2.10. The van der Waals surface area contributed by atoms with E-state index in [1.807, 2.05) is 6.92 Å².